The van der Waals surface area contributed by atoms with Crippen molar-refractivity contribution in [1.82, 2.24) is 0 Å². The number of fused-ring (bicyclic) bond motifs is 1. The highest BCUT2D eigenvalue weighted by Gasteiger charge is 2.24. The number of rotatable bonds is 11. The Morgan fingerprint density at radius 2 is 1.94 bits per heavy atom. The molecule has 1 atom stereocenters. The second-order valence-electron chi connectivity index (χ2n) is 7.69. The molecule has 3 rings (SSSR count). The fourth-order valence-electron chi connectivity index (χ4n) is 3.82. The fourth-order valence-corrected chi connectivity index (χ4v) is 5.94. The first-order valence-electron chi connectivity index (χ1n) is 10.9. The molecular formula is C23H29NO7S2. The Balaban J connectivity index is 1.58. The van der Waals surface area contributed by atoms with Crippen LogP contribution in [0.2, 0.25) is 0 Å². The third-order valence-corrected chi connectivity index (χ3v) is 7.97. The quantitative estimate of drug-likeness (QED) is 0.191. The highest BCUT2D eigenvalue weighted by Crippen LogP contribution is 2.42. The molecule has 10 heteroatoms. The minimum Gasteiger partial charge on any atom is -0.496 e. The summed E-state index contributed by atoms with van der Waals surface area (Å²) in [5.74, 6) is 1.90. The number of thioether (sulfide) groups is 1. The van der Waals surface area contributed by atoms with Crippen LogP contribution >= 0.6 is 11.8 Å². The average Bonchev–Trinajstić information content (AvgIpc) is 3.00. The van der Waals surface area contributed by atoms with E-state index in [0.29, 0.717) is 6.61 Å². The van der Waals surface area contributed by atoms with E-state index in [4.69, 9.17) is 13.7 Å². The van der Waals surface area contributed by atoms with Crippen LogP contribution in [0.5, 0.6) is 5.75 Å². The van der Waals surface area contributed by atoms with Crippen LogP contribution in [0.3, 0.4) is 0 Å². The van der Waals surface area contributed by atoms with E-state index in [1.807, 2.05) is 11.8 Å². The minimum absolute atomic E-state index is 0.0967. The number of hydrogen-bond acceptors (Lipinski definition) is 8. The molecule has 2 aromatic carbocycles. The topological polar surface area (TPSA) is 105 Å². The van der Waals surface area contributed by atoms with Crippen molar-refractivity contribution in [2.45, 2.75) is 42.8 Å². The average molecular weight is 496 g/mol. The maximum absolute atomic E-state index is 12.3. The number of nitro benzene ring substituents is 1. The van der Waals surface area contributed by atoms with Gasteiger partial charge in [-0.25, -0.2) is 0 Å². The normalized spacial score (nSPS) is 16.1. The van der Waals surface area contributed by atoms with E-state index in [9.17, 15) is 18.5 Å². The van der Waals surface area contributed by atoms with E-state index in [2.05, 4.69) is 19.1 Å². The standard InChI is InChI=1S/C23H29NO7S2/c1-3-5-17-14-18-6-4-13-32-22(23(18)21(15-17)29-2)16-30-11-12-31-33(27,28)20-9-7-19(8-10-20)24(25)26/h7-10,14-15,22H,3-6,11-13,16H2,1-2H3. The van der Waals surface area contributed by atoms with Crippen LogP contribution in [-0.4, -0.2) is 46.0 Å². The Morgan fingerprint density at radius 1 is 1.18 bits per heavy atom. The zero-order chi connectivity index (χ0) is 23.8. The van der Waals surface area contributed by atoms with Gasteiger partial charge in [0.25, 0.3) is 15.8 Å². The molecule has 1 aliphatic rings. The van der Waals surface area contributed by atoms with Gasteiger partial charge in [0.2, 0.25) is 0 Å². The van der Waals surface area contributed by atoms with Crippen LogP contribution in [0, 0.1) is 10.1 Å². The van der Waals surface area contributed by atoms with Gasteiger partial charge in [0.1, 0.15) is 5.75 Å². The van der Waals surface area contributed by atoms with Crippen LogP contribution in [0.15, 0.2) is 41.3 Å². The third kappa shape index (κ3) is 6.69. The Labute approximate surface area is 198 Å². The molecule has 0 fully saturated rings. The van der Waals surface area contributed by atoms with Crippen LogP contribution < -0.4 is 4.74 Å². The minimum atomic E-state index is -4.01. The maximum atomic E-state index is 12.3. The van der Waals surface area contributed by atoms with Gasteiger partial charge in [-0.05, 0) is 54.3 Å². The van der Waals surface area contributed by atoms with Crippen molar-refractivity contribution < 1.29 is 27.0 Å². The predicted octanol–water partition coefficient (Wildman–Crippen LogP) is 4.70. The highest BCUT2D eigenvalue weighted by atomic mass is 32.2. The summed E-state index contributed by atoms with van der Waals surface area (Å²) < 4.78 is 41.1. The molecule has 33 heavy (non-hydrogen) atoms. The summed E-state index contributed by atoms with van der Waals surface area (Å²) >= 11 is 1.82. The van der Waals surface area contributed by atoms with Crippen LogP contribution in [-0.2, 0) is 31.9 Å². The molecule has 0 amide bonds. The molecule has 1 unspecified atom stereocenters. The van der Waals surface area contributed by atoms with E-state index >= 15 is 0 Å². The van der Waals surface area contributed by atoms with Crippen molar-refractivity contribution in [3.63, 3.8) is 0 Å². The van der Waals surface area contributed by atoms with Crippen LogP contribution in [0.25, 0.3) is 0 Å². The van der Waals surface area contributed by atoms with Gasteiger partial charge in [0.15, 0.2) is 0 Å². The maximum Gasteiger partial charge on any atom is 0.297 e. The zero-order valence-electron chi connectivity index (χ0n) is 18.8. The van der Waals surface area contributed by atoms with Crippen molar-refractivity contribution in [3.05, 3.63) is 63.2 Å². The molecule has 0 saturated heterocycles. The summed E-state index contributed by atoms with van der Waals surface area (Å²) in [6, 6.07) is 8.97. The molecular weight excluding hydrogens is 466 g/mol. The summed E-state index contributed by atoms with van der Waals surface area (Å²) in [6.07, 6.45) is 4.18. The molecule has 2 aromatic rings. The number of hydrogen-bond donors (Lipinski definition) is 0. The molecule has 0 bridgehead atoms. The lowest BCUT2D eigenvalue weighted by Gasteiger charge is -2.21. The first-order valence-corrected chi connectivity index (χ1v) is 13.3. The van der Waals surface area contributed by atoms with Crippen molar-refractivity contribution in [2.75, 3.05) is 32.7 Å². The SMILES string of the molecule is CCCc1cc2c(c(OC)c1)C(COCCOS(=O)(=O)c1ccc([N+](=O)[O-])cc1)SCCC2. The third-order valence-electron chi connectivity index (χ3n) is 5.35. The Kier molecular flexibility index (Phi) is 9.13. The summed E-state index contributed by atoms with van der Waals surface area (Å²) in [5, 5.41) is 10.8. The number of ether oxygens (including phenoxy) is 2. The van der Waals surface area contributed by atoms with Crippen LogP contribution in [0.1, 0.15) is 41.7 Å². The second kappa shape index (κ2) is 11.8. The molecule has 1 aliphatic heterocycles. The number of aryl methyl sites for hydroxylation is 2. The van der Waals surface area contributed by atoms with Gasteiger partial charge in [-0.1, -0.05) is 19.4 Å². The Morgan fingerprint density at radius 3 is 2.61 bits per heavy atom. The Hall–Kier alpha value is -2.14. The van der Waals surface area contributed by atoms with E-state index in [1.54, 1.807) is 7.11 Å². The molecule has 0 N–H and O–H groups in total. The fraction of sp³-hybridized carbons (Fsp3) is 0.478. The highest BCUT2D eigenvalue weighted by molar-refractivity contribution is 7.99. The summed E-state index contributed by atoms with van der Waals surface area (Å²) in [5.41, 5.74) is 3.56. The molecule has 8 nitrogen and oxygen atoms in total. The number of non-ortho nitro benzene ring substituents is 1. The van der Waals surface area contributed by atoms with E-state index in [0.717, 1.165) is 61.5 Å². The summed E-state index contributed by atoms with van der Waals surface area (Å²) in [7, 11) is -2.32. The van der Waals surface area contributed by atoms with Crippen molar-refractivity contribution in [1.29, 1.82) is 0 Å². The lowest BCUT2D eigenvalue weighted by Crippen LogP contribution is -2.14. The largest absolute Gasteiger partial charge is 0.496 e. The first-order chi connectivity index (χ1) is 15.9. The molecule has 0 aromatic heterocycles. The number of methoxy groups -OCH3 is 1. The molecule has 0 spiro atoms. The second-order valence-corrected chi connectivity index (χ2v) is 10.6. The van der Waals surface area contributed by atoms with Gasteiger partial charge in [0, 0.05) is 17.7 Å². The van der Waals surface area contributed by atoms with Crippen LogP contribution in [0.4, 0.5) is 5.69 Å². The van der Waals surface area contributed by atoms with Gasteiger partial charge in [0.05, 0.1) is 42.0 Å². The zero-order valence-corrected chi connectivity index (χ0v) is 20.5. The van der Waals surface area contributed by atoms with E-state index in [-0.39, 0.29) is 29.0 Å². The van der Waals surface area contributed by atoms with E-state index < -0.39 is 15.0 Å². The molecule has 1 heterocycles. The van der Waals surface area contributed by atoms with Crippen molar-refractivity contribution >= 4 is 27.6 Å². The van der Waals surface area contributed by atoms with Gasteiger partial charge < -0.3 is 9.47 Å². The van der Waals surface area contributed by atoms with Crippen molar-refractivity contribution in [3.8, 4) is 5.75 Å². The molecule has 0 aliphatic carbocycles. The molecule has 0 radical (unpaired) electrons. The lowest BCUT2D eigenvalue weighted by atomic mass is 9.95. The lowest BCUT2D eigenvalue weighted by molar-refractivity contribution is -0.384. The predicted molar refractivity (Wildman–Crippen MR) is 128 cm³/mol. The van der Waals surface area contributed by atoms with Crippen molar-refractivity contribution in [2.24, 2.45) is 0 Å². The van der Waals surface area contributed by atoms with E-state index in [1.165, 1.54) is 16.7 Å². The summed E-state index contributed by atoms with van der Waals surface area (Å²) in [6.45, 7) is 2.54. The molecule has 180 valence electrons. The first kappa shape index (κ1) is 25.5. The monoisotopic (exact) mass is 495 g/mol. The van der Waals surface area contributed by atoms with Gasteiger partial charge in [-0.3, -0.25) is 14.3 Å². The summed E-state index contributed by atoms with van der Waals surface area (Å²) in [4.78, 5) is 10.0. The van der Waals surface area contributed by atoms with Gasteiger partial charge in [-0.15, -0.1) is 0 Å². The Bertz CT molecular complexity index is 1060. The smallest absolute Gasteiger partial charge is 0.297 e. The molecule has 0 saturated carbocycles. The number of nitrogens with zero attached hydrogens (tertiary/aromatic N) is 1. The number of benzene rings is 2. The van der Waals surface area contributed by atoms with Gasteiger partial charge in [-0.2, -0.15) is 20.2 Å². The number of nitro groups is 1. The van der Waals surface area contributed by atoms with Gasteiger partial charge >= 0.3 is 0 Å².